The first kappa shape index (κ1) is 18.5. The van der Waals surface area contributed by atoms with Crippen LogP contribution in [0.1, 0.15) is 28.8 Å². The molecule has 0 bridgehead atoms. The van der Waals surface area contributed by atoms with E-state index in [2.05, 4.69) is 5.32 Å². The summed E-state index contributed by atoms with van der Waals surface area (Å²) in [5, 5.41) is 13.3. The van der Waals surface area contributed by atoms with Gasteiger partial charge in [0.2, 0.25) is 5.91 Å². The van der Waals surface area contributed by atoms with Crippen molar-refractivity contribution in [1.82, 2.24) is 10.2 Å². The number of carbonyl (C=O) groups excluding carboxylic acids is 2. The third-order valence-electron chi connectivity index (χ3n) is 4.33. The van der Waals surface area contributed by atoms with Crippen LogP contribution in [0, 0.1) is 15.9 Å². The van der Waals surface area contributed by atoms with Crippen LogP contribution in [0.15, 0.2) is 48.5 Å². The molecule has 0 atom stereocenters. The molecule has 2 aromatic rings. The van der Waals surface area contributed by atoms with Crippen LogP contribution in [-0.4, -0.2) is 34.2 Å². The lowest BCUT2D eigenvalue weighted by Gasteiger charge is -2.23. The van der Waals surface area contributed by atoms with Gasteiger partial charge in [-0.05, 0) is 25.0 Å². The number of nitrogens with one attached hydrogen (secondary N) is 1. The maximum atomic E-state index is 13.9. The van der Waals surface area contributed by atoms with Gasteiger partial charge in [0.15, 0.2) is 0 Å². The Morgan fingerprint density at radius 1 is 1.19 bits per heavy atom. The Hall–Kier alpha value is -3.29. The molecule has 8 heteroatoms. The zero-order valence-corrected chi connectivity index (χ0v) is 14.4. The highest BCUT2D eigenvalue weighted by atomic mass is 19.1. The highest BCUT2D eigenvalue weighted by molar-refractivity contribution is 5.97. The minimum atomic E-state index is -0.592. The number of amides is 2. The minimum absolute atomic E-state index is 0.0480. The van der Waals surface area contributed by atoms with Crippen molar-refractivity contribution in [1.29, 1.82) is 0 Å². The van der Waals surface area contributed by atoms with Crippen LogP contribution in [0.25, 0.3) is 0 Å². The summed E-state index contributed by atoms with van der Waals surface area (Å²) in [6.45, 7) is -0.116. The Bertz CT molecular complexity index is 883. The molecule has 1 aliphatic rings. The largest absolute Gasteiger partial charge is 0.343 e. The molecule has 2 aromatic carbocycles. The monoisotopic (exact) mass is 371 g/mol. The minimum Gasteiger partial charge on any atom is -0.343 e. The van der Waals surface area contributed by atoms with Crippen molar-refractivity contribution in [3.63, 3.8) is 0 Å². The van der Waals surface area contributed by atoms with E-state index in [1.807, 2.05) is 0 Å². The molecule has 0 aromatic heterocycles. The summed E-state index contributed by atoms with van der Waals surface area (Å²) >= 11 is 0. The number of non-ortho nitro benzene ring substituents is 1. The van der Waals surface area contributed by atoms with Crippen molar-refractivity contribution in [2.24, 2.45) is 0 Å². The fourth-order valence-corrected chi connectivity index (χ4v) is 2.74. The Kier molecular flexibility index (Phi) is 5.44. The van der Waals surface area contributed by atoms with E-state index in [0.29, 0.717) is 5.56 Å². The Morgan fingerprint density at radius 2 is 1.93 bits per heavy atom. The maximum absolute atomic E-state index is 13.9. The lowest BCUT2D eigenvalue weighted by molar-refractivity contribution is -0.384. The lowest BCUT2D eigenvalue weighted by Crippen LogP contribution is -2.41. The van der Waals surface area contributed by atoms with Gasteiger partial charge in [-0.1, -0.05) is 24.3 Å². The van der Waals surface area contributed by atoms with Gasteiger partial charge >= 0.3 is 0 Å². The normalized spacial score (nSPS) is 13.1. The van der Waals surface area contributed by atoms with Crippen molar-refractivity contribution >= 4 is 17.5 Å². The predicted molar refractivity (Wildman–Crippen MR) is 95.4 cm³/mol. The van der Waals surface area contributed by atoms with Crippen LogP contribution in [-0.2, 0) is 11.3 Å². The number of nitrogens with zero attached hydrogens (tertiary/aromatic N) is 2. The summed E-state index contributed by atoms with van der Waals surface area (Å²) in [5.74, 6) is -1.27. The van der Waals surface area contributed by atoms with Gasteiger partial charge in [-0.2, -0.15) is 0 Å². The highest BCUT2D eigenvalue weighted by Crippen LogP contribution is 2.28. The SMILES string of the molecule is O=C(NCC(=O)N(Cc1ccccc1F)C1CC1)c1cccc([N+](=O)[O-])c1. The zero-order chi connectivity index (χ0) is 19.4. The van der Waals surface area contributed by atoms with Crippen LogP contribution >= 0.6 is 0 Å². The summed E-state index contributed by atoms with van der Waals surface area (Å²) in [7, 11) is 0. The van der Waals surface area contributed by atoms with Gasteiger partial charge in [-0.3, -0.25) is 19.7 Å². The van der Waals surface area contributed by atoms with E-state index in [1.165, 1.54) is 24.3 Å². The second kappa shape index (κ2) is 7.94. The van der Waals surface area contributed by atoms with Crippen LogP contribution in [0.3, 0.4) is 0 Å². The van der Waals surface area contributed by atoms with Crippen molar-refractivity contribution in [2.75, 3.05) is 6.54 Å². The fraction of sp³-hybridized carbons (Fsp3) is 0.263. The number of nitro groups is 1. The van der Waals surface area contributed by atoms with Crippen molar-refractivity contribution < 1.29 is 18.9 Å². The molecule has 27 heavy (non-hydrogen) atoms. The zero-order valence-electron chi connectivity index (χ0n) is 14.4. The summed E-state index contributed by atoms with van der Waals surface area (Å²) < 4.78 is 13.9. The number of benzene rings is 2. The molecule has 2 amide bonds. The number of halogens is 1. The molecule has 140 valence electrons. The van der Waals surface area contributed by atoms with E-state index in [0.717, 1.165) is 18.9 Å². The molecule has 1 saturated carbocycles. The molecule has 1 N–H and O–H groups in total. The van der Waals surface area contributed by atoms with Gasteiger partial charge < -0.3 is 10.2 Å². The Morgan fingerprint density at radius 3 is 2.59 bits per heavy atom. The summed E-state index contributed by atoms with van der Waals surface area (Å²) in [5.41, 5.74) is 0.319. The average molecular weight is 371 g/mol. The quantitative estimate of drug-likeness (QED) is 0.598. The van der Waals surface area contributed by atoms with Crippen molar-refractivity contribution in [2.45, 2.75) is 25.4 Å². The first-order chi connectivity index (χ1) is 13.0. The maximum Gasteiger partial charge on any atom is 0.270 e. The molecule has 0 spiro atoms. The van der Waals surface area contributed by atoms with E-state index in [4.69, 9.17) is 0 Å². The molecule has 0 radical (unpaired) electrons. The van der Waals surface area contributed by atoms with Gasteiger partial charge in [0.05, 0.1) is 11.5 Å². The van der Waals surface area contributed by atoms with Crippen LogP contribution < -0.4 is 5.32 Å². The van der Waals surface area contributed by atoms with E-state index in [9.17, 15) is 24.1 Å². The first-order valence-electron chi connectivity index (χ1n) is 8.51. The molecule has 0 aliphatic heterocycles. The van der Waals surface area contributed by atoms with E-state index >= 15 is 0 Å². The van der Waals surface area contributed by atoms with Crippen molar-refractivity contribution in [3.8, 4) is 0 Å². The van der Waals surface area contributed by atoms with Gasteiger partial charge in [0.25, 0.3) is 11.6 Å². The Labute approximate surface area is 154 Å². The molecule has 3 rings (SSSR count). The van der Waals surface area contributed by atoms with E-state index in [-0.39, 0.29) is 42.1 Å². The lowest BCUT2D eigenvalue weighted by atomic mass is 10.2. The number of hydrogen-bond donors (Lipinski definition) is 1. The molecule has 7 nitrogen and oxygen atoms in total. The van der Waals surface area contributed by atoms with Gasteiger partial charge in [0, 0.05) is 35.8 Å². The van der Waals surface area contributed by atoms with Gasteiger partial charge in [0.1, 0.15) is 5.82 Å². The molecule has 0 saturated heterocycles. The number of nitro benzene ring substituents is 1. The topological polar surface area (TPSA) is 92.6 Å². The Balaban J connectivity index is 1.63. The molecule has 1 aliphatic carbocycles. The van der Waals surface area contributed by atoms with Crippen molar-refractivity contribution in [3.05, 3.63) is 75.6 Å². The molecule has 0 heterocycles. The summed E-state index contributed by atoms with van der Waals surface area (Å²) in [6, 6.07) is 11.6. The van der Waals surface area contributed by atoms with E-state index < -0.39 is 10.8 Å². The number of hydrogen-bond acceptors (Lipinski definition) is 4. The molecule has 0 unspecified atom stereocenters. The molecular formula is C19H18FN3O4. The average Bonchev–Trinajstić information content (AvgIpc) is 3.50. The fourth-order valence-electron chi connectivity index (χ4n) is 2.74. The van der Waals surface area contributed by atoms with Crippen LogP contribution in [0.2, 0.25) is 0 Å². The number of rotatable bonds is 7. The summed E-state index contributed by atoms with van der Waals surface area (Å²) in [4.78, 5) is 36.5. The standard InChI is InChI=1S/C19H18FN3O4/c20-17-7-2-1-4-14(17)12-22(15-8-9-15)18(24)11-21-19(25)13-5-3-6-16(10-13)23(26)27/h1-7,10,15H,8-9,11-12H2,(H,21,25). The van der Waals surface area contributed by atoms with Crippen LogP contribution in [0.5, 0.6) is 0 Å². The van der Waals surface area contributed by atoms with E-state index in [1.54, 1.807) is 23.1 Å². The highest BCUT2D eigenvalue weighted by Gasteiger charge is 2.33. The summed E-state index contributed by atoms with van der Waals surface area (Å²) in [6.07, 6.45) is 1.69. The van der Waals surface area contributed by atoms with Crippen LogP contribution in [0.4, 0.5) is 10.1 Å². The number of carbonyl (C=O) groups is 2. The smallest absolute Gasteiger partial charge is 0.270 e. The third kappa shape index (κ3) is 4.66. The molecule has 1 fully saturated rings. The van der Waals surface area contributed by atoms with Gasteiger partial charge in [-0.25, -0.2) is 4.39 Å². The van der Waals surface area contributed by atoms with Gasteiger partial charge in [-0.15, -0.1) is 0 Å². The molecular weight excluding hydrogens is 353 g/mol. The third-order valence-corrected chi connectivity index (χ3v) is 4.33. The predicted octanol–water partition coefficient (Wildman–Crippen LogP) is 2.65. The first-order valence-corrected chi connectivity index (χ1v) is 8.51. The second-order valence-electron chi connectivity index (χ2n) is 6.33. The second-order valence-corrected chi connectivity index (χ2v) is 6.33.